The molecule has 34 heavy (non-hydrogen) atoms. The molecule has 0 bridgehead atoms. The molecular formula is C25H31N3O5S. The van der Waals surface area contributed by atoms with Crippen LogP contribution in [0.15, 0.2) is 56.6 Å². The highest BCUT2D eigenvalue weighted by Gasteiger charge is 2.41. The number of benzene rings is 2. The summed E-state index contributed by atoms with van der Waals surface area (Å²) in [6.07, 6.45) is 4.10. The molecule has 2 aliphatic heterocycles. The van der Waals surface area contributed by atoms with E-state index in [1.165, 1.54) is 4.31 Å². The van der Waals surface area contributed by atoms with Crippen molar-refractivity contribution in [2.45, 2.75) is 50.0 Å². The highest BCUT2D eigenvalue weighted by molar-refractivity contribution is 8.23. The van der Waals surface area contributed by atoms with Gasteiger partial charge in [-0.1, -0.05) is 35.9 Å². The Kier molecular flexibility index (Phi) is 6.28. The SMILES string of the molecule is CCc1ccc2c(c1)C(=O)N(CCCCN1CCC(n3c(=O)oc4ccccc43)CC1)S2(O)O. The van der Waals surface area contributed by atoms with Crippen molar-refractivity contribution in [1.29, 1.82) is 0 Å². The quantitative estimate of drug-likeness (QED) is 0.469. The van der Waals surface area contributed by atoms with Crippen LogP contribution in [-0.4, -0.2) is 55.0 Å². The molecule has 2 aliphatic rings. The minimum atomic E-state index is -3.25. The molecule has 5 rings (SSSR count). The van der Waals surface area contributed by atoms with Crippen LogP contribution >= 0.6 is 10.8 Å². The van der Waals surface area contributed by atoms with Gasteiger partial charge < -0.3 is 9.32 Å². The standard InChI is InChI=1S/C25H31N3O5S/c1-2-18-9-10-23-20(17-18)24(29)27(34(23,31)32)14-6-5-13-26-15-11-19(12-16-26)28-21-7-3-4-8-22(21)33-25(28)30/h3-4,7-10,17,19,31-32H,2,5-6,11-16H2,1H3. The Bertz CT molecular complexity index is 1260. The van der Waals surface area contributed by atoms with E-state index in [0.717, 1.165) is 56.4 Å². The predicted octanol–water partition coefficient (Wildman–Crippen LogP) is 4.75. The van der Waals surface area contributed by atoms with Gasteiger partial charge in [0.25, 0.3) is 5.91 Å². The number of fused-ring (bicyclic) bond motifs is 2. The molecule has 0 spiro atoms. The summed E-state index contributed by atoms with van der Waals surface area (Å²) in [5.74, 6) is -0.579. The number of rotatable bonds is 7. The molecule has 0 atom stereocenters. The van der Waals surface area contributed by atoms with Crippen LogP contribution in [-0.2, 0) is 6.42 Å². The van der Waals surface area contributed by atoms with Crippen LogP contribution in [0.1, 0.15) is 54.6 Å². The fourth-order valence-corrected chi connectivity index (χ4v) is 6.76. The molecule has 1 fully saturated rings. The Balaban J connectivity index is 1.13. The molecule has 182 valence electrons. The first kappa shape index (κ1) is 23.2. The van der Waals surface area contributed by atoms with E-state index in [4.69, 9.17) is 4.42 Å². The lowest BCUT2D eigenvalue weighted by Gasteiger charge is -2.37. The Hall–Kier alpha value is -2.59. The van der Waals surface area contributed by atoms with Gasteiger partial charge in [-0.15, -0.1) is 0 Å². The van der Waals surface area contributed by atoms with E-state index in [-0.39, 0.29) is 17.7 Å². The van der Waals surface area contributed by atoms with Crippen LogP contribution in [0.5, 0.6) is 0 Å². The van der Waals surface area contributed by atoms with E-state index in [9.17, 15) is 18.7 Å². The van der Waals surface area contributed by atoms with Crippen LogP contribution in [0.3, 0.4) is 0 Å². The molecular weight excluding hydrogens is 454 g/mol. The van der Waals surface area contributed by atoms with Crippen molar-refractivity contribution < 1.29 is 18.3 Å². The number of aromatic nitrogens is 1. The first-order chi connectivity index (χ1) is 16.4. The highest BCUT2D eigenvalue weighted by atomic mass is 32.3. The normalized spacial score (nSPS) is 19.6. The molecule has 0 saturated carbocycles. The smallest absolute Gasteiger partial charge is 0.408 e. The van der Waals surface area contributed by atoms with Crippen LogP contribution in [0.25, 0.3) is 11.1 Å². The molecule has 0 aliphatic carbocycles. The zero-order valence-corrected chi connectivity index (χ0v) is 20.2. The van der Waals surface area contributed by atoms with Gasteiger partial charge >= 0.3 is 5.76 Å². The van der Waals surface area contributed by atoms with Gasteiger partial charge in [0.2, 0.25) is 0 Å². The van der Waals surface area contributed by atoms with E-state index in [0.29, 0.717) is 29.0 Å². The second-order valence-electron chi connectivity index (χ2n) is 9.10. The third kappa shape index (κ3) is 4.07. The summed E-state index contributed by atoms with van der Waals surface area (Å²) < 4.78 is 29.8. The average molecular weight is 486 g/mol. The fourth-order valence-electron chi connectivity index (χ4n) is 5.12. The Morgan fingerprint density at radius 2 is 1.76 bits per heavy atom. The van der Waals surface area contributed by atoms with E-state index in [1.54, 1.807) is 16.7 Å². The number of nitrogens with zero attached hydrogens (tertiary/aromatic N) is 3. The van der Waals surface area contributed by atoms with Crippen molar-refractivity contribution in [2.75, 3.05) is 26.2 Å². The van der Waals surface area contributed by atoms with Gasteiger partial charge in [0.15, 0.2) is 5.58 Å². The number of unbranched alkanes of at least 4 members (excludes halogenated alkanes) is 1. The molecule has 3 aromatic rings. The Morgan fingerprint density at radius 1 is 1.03 bits per heavy atom. The molecule has 0 radical (unpaired) electrons. The molecule has 1 amide bonds. The number of oxazole rings is 1. The maximum absolute atomic E-state index is 12.8. The van der Waals surface area contributed by atoms with Crippen molar-refractivity contribution in [3.8, 4) is 0 Å². The number of piperidine rings is 1. The maximum Gasteiger partial charge on any atom is 0.420 e. The first-order valence-electron chi connectivity index (χ1n) is 12.0. The Morgan fingerprint density at radius 3 is 2.53 bits per heavy atom. The molecule has 0 unspecified atom stereocenters. The van der Waals surface area contributed by atoms with Crippen LogP contribution in [0.4, 0.5) is 0 Å². The zero-order chi connectivity index (χ0) is 23.9. The monoisotopic (exact) mass is 485 g/mol. The number of hydrogen-bond acceptors (Lipinski definition) is 6. The summed E-state index contributed by atoms with van der Waals surface area (Å²) in [7, 11) is -3.25. The minimum Gasteiger partial charge on any atom is -0.408 e. The van der Waals surface area contributed by atoms with Gasteiger partial charge in [0, 0.05) is 25.7 Å². The third-order valence-corrected chi connectivity index (χ3v) is 8.95. The third-order valence-electron chi connectivity index (χ3n) is 7.04. The molecule has 1 aromatic heterocycles. The molecule has 9 heteroatoms. The van der Waals surface area contributed by atoms with Crippen LogP contribution in [0, 0.1) is 0 Å². The lowest BCUT2D eigenvalue weighted by Crippen LogP contribution is -2.37. The summed E-state index contributed by atoms with van der Waals surface area (Å²) in [6.45, 7) is 4.99. The summed E-state index contributed by atoms with van der Waals surface area (Å²) in [5.41, 5.74) is 2.92. The maximum atomic E-state index is 12.8. The summed E-state index contributed by atoms with van der Waals surface area (Å²) in [5, 5.41) is 0. The zero-order valence-electron chi connectivity index (χ0n) is 19.4. The van der Waals surface area contributed by atoms with E-state index in [2.05, 4.69) is 4.90 Å². The number of hydrogen-bond donors (Lipinski definition) is 2. The van der Waals surface area contributed by atoms with Crippen molar-refractivity contribution in [1.82, 2.24) is 13.8 Å². The van der Waals surface area contributed by atoms with Crippen molar-refractivity contribution in [3.05, 3.63) is 64.1 Å². The van der Waals surface area contributed by atoms with Crippen LogP contribution in [0.2, 0.25) is 0 Å². The molecule has 2 aromatic carbocycles. The highest BCUT2D eigenvalue weighted by Crippen LogP contribution is 2.58. The van der Waals surface area contributed by atoms with Crippen molar-refractivity contribution >= 4 is 27.8 Å². The number of aryl methyl sites for hydroxylation is 1. The van der Waals surface area contributed by atoms with E-state index < -0.39 is 10.8 Å². The Labute approximate surface area is 200 Å². The number of carbonyl (C=O) groups excluding carboxylic acids is 1. The van der Waals surface area contributed by atoms with Crippen molar-refractivity contribution in [2.24, 2.45) is 0 Å². The van der Waals surface area contributed by atoms with Gasteiger partial charge in [-0.3, -0.25) is 18.5 Å². The molecule has 8 nitrogen and oxygen atoms in total. The molecule has 2 N–H and O–H groups in total. The van der Waals surface area contributed by atoms with Gasteiger partial charge in [-0.05, 0) is 68.5 Å². The number of likely N-dealkylation sites (tertiary alicyclic amines) is 1. The van der Waals surface area contributed by atoms with E-state index >= 15 is 0 Å². The minimum absolute atomic E-state index is 0.133. The summed E-state index contributed by atoms with van der Waals surface area (Å²) in [6, 6.07) is 13.0. The lowest BCUT2D eigenvalue weighted by molar-refractivity contribution is 0.0859. The molecule has 3 heterocycles. The summed E-state index contributed by atoms with van der Waals surface area (Å²) >= 11 is 0. The van der Waals surface area contributed by atoms with Crippen LogP contribution < -0.4 is 5.76 Å². The van der Waals surface area contributed by atoms with E-state index in [1.807, 2.05) is 37.3 Å². The average Bonchev–Trinajstić information content (AvgIpc) is 3.27. The first-order valence-corrected chi connectivity index (χ1v) is 13.5. The van der Waals surface area contributed by atoms with Gasteiger partial charge in [0.05, 0.1) is 16.0 Å². The predicted molar refractivity (Wildman–Crippen MR) is 132 cm³/mol. The van der Waals surface area contributed by atoms with Gasteiger partial charge in [-0.2, -0.15) is 0 Å². The van der Waals surface area contributed by atoms with Gasteiger partial charge in [-0.25, -0.2) is 9.10 Å². The van der Waals surface area contributed by atoms with Gasteiger partial charge in [0.1, 0.15) is 0 Å². The lowest BCUT2D eigenvalue weighted by atomic mass is 10.0. The fraction of sp³-hybridized carbons (Fsp3) is 0.440. The number of para-hydroxylation sites is 2. The largest absolute Gasteiger partial charge is 0.420 e. The second kappa shape index (κ2) is 9.22. The number of amides is 1. The molecule has 1 saturated heterocycles. The topological polar surface area (TPSA) is 99.2 Å². The summed E-state index contributed by atoms with van der Waals surface area (Å²) in [4.78, 5) is 27.9. The van der Waals surface area contributed by atoms with Crippen molar-refractivity contribution in [3.63, 3.8) is 0 Å². The number of carbonyl (C=O) groups is 1. The second-order valence-corrected chi connectivity index (χ2v) is 11.0.